The topological polar surface area (TPSA) is 91.8 Å². The number of carboxylic acid groups (broad SMARTS) is 1. The zero-order valence-electron chi connectivity index (χ0n) is 11.7. The lowest BCUT2D eigenvalue weighted by atomic mass is 10.1. The fourth-order valence-corrected chi connectivity index (χ4v) is 4.19. The number of benzene rings is 1. The molecule has 0 saturated carbocycles. The number of rotatable bonds is 5. The summed E-state index contributed by atoms with van der Waals surface area (Å²) in [4.78, 5) is 24.2. The van der Waals surface area contributed by atoms with Crippen molar-refractivity contribution in [2.45, 2.75) is 12.2 Å². The fourth-order valence-electron chi connectivity index (χ4n) is 2.40. The summed E-state index contributed by atoms with van der Waals surface area (Å²) < 4.78 is 25.0. The third-order valence-corrected chi connectivity index (χ3v) is 5.46. The Morgan fingerprint density at radius 3 is 2.68 bits per heavy atom. The molecule has 0 aliphatic carbocycles. The molecule has 8 heteroatoms. The van der Waals surface area contributed by atoms with E-state index < -0.39 is 33.4 Å². The van der Waals surface area contributed by atoms with Gasteiger partial charge in [0.05, 0.1) is 11.7 Å². The van der Waals surface area contributed by atoms with E-state index in [-0.39, 0.29) is 12.3 Å². The Kier molecular flexibility index (Phi) is 5.23. The highest BCUT2D eigenvalue weighted by Crippen LogP contribution is 2.18. The van der Waals surface area contributed by atoms with E-state index in [1.807, 2.05) is 0 Å². The lowest BCUT2D eigenvalue weighted by molar-refractivity contribution is -0.141. The van der Waals surface area contributed by atoms with Crippen LogP contribution < -0.4 is 0 Å². The van der Waals surface area contributed by atoms with E-state index in [1.165, 1.54) is 4.90 Å². The van der Waals surface area contributed by atoms with Gasteiger partial charge < -0.3 is 10.0 Å². The van der Waals surface area contributed by atoms with Crippen molar-refractivity contribution in [2.24, 2.45) is 5.92 Å². The van der Waals surface area contributed by atoms with Crippen molar-refractivity contribution in [3.05, 3.63) is 34.3 Å². The highest BCUT2D eigenvalue weighted by molar-refractivity contribution is 9.10. The van der Waals surface area contributed by atoms with E-state index in [1.54, 1.807) is 24.3 Å². The highest BCUT2D eigenvalue weighted by atomic mass is 79.9. The Labute approximate surface area is 137 Å². The number of amides is 1. The van der Waals surface area contributed by atoms with Crippen molar-refractivity contribution in [3.63, 3.8) is 0 Å². The Hall–Kier alpha value is -1.41. The fraction of sp³-hybridized carbons (Fsp3) is 0.429. The van der Waals surface area contributed by atoms with Crippen LogP contribution in [0.2, 0.25) is 0 Å². The van der Waals surface area contributed by atoms with E-state index in [4.69, 9.17) is 5.11 Å². The minimum absolute atomic E-state index is 0.0839. The first-order chi connectivity index (χ1) is 10.3. The van der Waals surface area contributed by atoms with Crippen molar-refractivity contribution >= 4 is 37.6 Å². The van der Waals surface area contributed by atoms with Crippen LogP contribution in [0, 0.1) is 5.92 Å². The van der Waals surface area contributed by atoms with E-state index in [9.17, 15) is 18.0 Å². The van der Waals surface area contributed by atoms with Gasteiger partial charge in [-0.3, -0.25) is 9.59 Å². The van der Waals surface area contributed by atoms with E-state index in [0.717, 1.165) is 4.47 Å². The summed E-state index contributed by atoms with van der Waals surface area (Å²) in [6.07, 6.45) is 0.368. The third-order valence-electron chi connectivity index (χ3n) is 3.51. The molecule has 1 atom stereocenters. The van der Waals surface area contributed by atoms with Crippen LogP contribution in [0.3, 0.4) is 0 Å². The Morgan fingerprint density at radius 1 is 1.36 bits per heavy atom. The van der Waals surface area contributed by atoms with E-state index in [0.29, 0.717) is 18.5 Å². The molecule has 1 aromatic rings. The van der Waals surface area contributed by atoms with Crippen molar-refractivity contribution < 1.29 is 23.1 Å². The highest BCUT2D eigenvalue weighted by Gasteiger charge is 2.32. The second-order valence-electron chi connectivity index (χ2n) is 5.33. The monoisotopic (exact) mass is 389 g/mol. The zero-order chi connectivity index (χ0) is 16.3. The van der Waals surface area contributed by atoms with Crippen LogP contribution in [0.4, 0.5) is 0 Å². The van der Waals surface area contributed by atoms with E-state index in [2.05, 4.69) is 15.9 Å². The number of halogens is 1. The molecule has 1 saturated heterocycles. The molecule has 1 aliphatic rings. The normalized spacial score (nSPS) is 18.4. The Morgan fingerprint density at radius 2 is 2.09 bits per heavy atom. The van der Waals surface area contributed by atoms with Crippen LogP contribution in [-0.4, -0.2) is 49.1 Å². The second kappa shape index (κ2) is 6.78. The quantitative estimate of drug-likeness (QED) is 0.818. The summed E-state index contributed by atoms with van der Waals surface area (Å²) >= 11 is 3.27. The summed E-state index contributed by atoms with van der Waals surface area (Å²) in [7, 11) is -3.59. The molecule has 1 fully saturated rings. The second-order valence-corrected chi connectivity index (χ2v) is 8.31. The number of likely N-dealkylation sites (tertiary alicyclic amines) is 1. The summed E-state index contributed by atoms with van der Waals surface area (Å²) in [6, 6.07) is 6.90. The molecular formula is C14H16BrNO5S. The zero-order valence-corrected chi connectivity index (χ0v) is 14.1. The SMILES string of the molecule is O=C(O)[C@@H]1CCN(C(=O)CS(=O)(=O)Cc2cccc(Br)c2)C1. The largest absolute Gasteiger partial charge is 0.481 e. The molecule has 1 amide bonds. The molecule has 0 aromatic heterocycles. The molecule has 1 aliphatic heterocycles. The molecule has 6 nitrogen and oxygen atoms in total. The standard InChI is InChI=1S/C14H16BrNO5S/c15-12-3-1-2-10(6-12)8-22(20,21)9-13(17)16-5-4-11(7-16)14(18)19/h1-3,6,11H,4-5,7-9H2,(H,18,19)/t11-/m1/s1. The van der Waals surface area contributed by atoms with Crippen molar-refractivity contribution in [1.29, 1.82) is 0 Å². The number of aliphatic carboxylic acids is 1. The van der Waals surface area contributed by atoms with Gasteiger partial charge in [0.2, 0.25) is 5.91 Å². The average Bonchev–Trinajstić information content (AvgIpc) is 2.87. The van der Waals surface area contributed by atoms with Crippen LogP contribution in [0.15, 0.2) is 28.7 Å². The lowest BCUT2D eigenvalue weighted by Gasteiger charge is -2.15. The summed E-state index contributed by atoms with van der Waals surface area (Å²) in [6.45, 7) is 0.378. The van der Waals surface area contributed by atoms with Gasteiger partial charge in [-0.2, -0.15) is 0 Å². The molecule has 0 radical (unpaired) electrons. The number of carboxylic acids is 1. The number of carbonyl (C=O) groups excluding carboxylic acids is 1. The van der Waals surface area contributed by atoms with Crippen LogP contribution in [0.1, 0.15) is 12.0 Å². The van der Waals surface area contributed by atoms with Gasteiger partial charge in [0.25, 0.3) is 0 Å². The molecule has 0 unspecified atom stereocenters. The molecule has 0 bridgehead atoms. The van der Waals surface area contributed by atoms with Gasteiger partial charge in [0, 0.05) is 17.6 Å². The van der Waals surface area contributed by atoms with Crippen molar-refractivity contribution in [2.75, 3.05) is 18.8 Å². The predicted octanol–water partition coefficient (Wildman–Crippen LogP) is 1.30. The van der Waals surface area contributed by atoms with Gasteiger partial charge in [0.1, 0.15) is 5.75 Å². The average molecular weight is 390 g/mol. The number of carbonyl (C=O) groups is 2. The molecule has 0 spiro atoms. The number of hydrogen-bond acceptors (Lipinski definition) is 4. The minimum atomic E-state index is -3.59. The molecule has 120 valence electrons. The van der Waals surface area contributed by atoms with E-state index >= 15 is 0 Å². The van der Waals surface area contributed by atoms with Gasteiger partial charge >= 0.3 is 5.97 Å². The molecule has 1 N–H and O–H groups in total. The van der Waals surface area contributed by atoms with Crippen LogP contribution in [0.5, 0.6) is 0 Å². The smallest absolute Gasteiger partial charge is 0.308 e. The van der Waals surface area contributed by atoms with Gasteiger partial charge in [-0.05, 0) is 24.1 Å². The predicted molar refractivity (Wildman–Crippen MR) is 84.0 cm³/mol. The maximum Gasteiger partial charge on any atom is 0.308 e. The molecule has 1 aromatic carbocycles. The number of sulfone groups is 1. The van der Waals surface area contributed by atoms with Crippen LogP contribution in [0.25, 0.3) is 0 Å². The molecule has 1 heterocycles. The first kappa shape index (κ1) is 17.0. The third kappa shape index (κ3) is 4.54. The molecular weight excluding hydrogens is 374 g/mol. The van der Waals surface area contributed by atoms with Crippen LogP contribution in [-0.2, 0) is 25.2 Å². The summed E-state index contributed by atoms with van der Waals surface area (Å²) in [5, 5.41) is 8.91. The van der Waals surface area contributed by atoms with Crippen LogP contribution >= 0.6 is 15.9 Å². The molecule has 2 rings (SSSR count). The lowest BCUT2D eigenvalue weighted by Crippen LogP contribution is -2.35. The van der Waals surface area contributed by atoms with Gasteiger partial charge in [-0.15, -0.1) is 0 Å². The Bertz CT molecular complexity index is 688. The Balaban J connectivity index is 1.97. The van der Waals surface area contributed by atoms with Gasteiger partial charge in [0.15, 0.2) is 9.84 Å². The minimum Gasteiger partial charge on any atom is -0.481 e. The first-order valence-corrected chi connectivity index (χ1v) is 9.34. The number of hydrogen-bond donors (Lipinski definition) is 1. The number of nitrogens with zero attached hydrogens (tertiary/aromatic N) is 1. The maximum absolute atomic E-state index is 12.1. The first-order valence-electron chi connectivity index (χ1n) is 6.72. The summed E-state index contributed by atoms with van der Waals surface area (Å²) in [5.74, 6) is -2.89. The van der Waals surface area contributed by atoms with Crippen molar-refractivity contribution in [1.82, 2.24) is 4.90 Å². The summed E-state index contributed by atoms with van der Waals surface area (Å²) in [5.41, 5.74) is 0.604. The maximum atomic E-state index is 12.1. The molecule has 22 heavy (non-hydrogen) atoms. The van der Waals surface area contributed by atoms with Crippen molar-refractivity contribution in [3.8, 4) is 0 Å². The van der Waals surface area contributed by atoms with Gasteiger partial charge in [-0.1, -0.05) is 28.1 Å². The van der Waals surface area contributed by atoms with Gasteiger partial charge in [-0.25, -0.2) is 8.42 Å².